The van der Waals surface area contributed by atoms with E-state index in [2.05, 4.69) is 15.6 Å². The molecule has 0 atom stereocenters. The van der Waals surface area contributed by atoms with E-state index in [1.807, 2.05) is 13.8 Å². The molecule has 0 saturated heterocycles. The lowest BCUT2D eigenvalue weighted by molar-refractivity contribution is -0.132. The molecule has 1 aromatic rings. The van der Waals surface area contributed by atoms with Crippen LogP contribution in [0.2, 0.25) is 5.02 Å². The number of alkyl halides is 3. The van der Waals surface area contributed by atoms with Gasteiger partial charge in [-0.2, -0.15) is 13.2 Å². The zero-order chi connectivity index (χ0) is 18.9. The number of nitrogens with one attached hydrogen (secondary N) is 2. The van der Waals surface area contributed by atoms with Gasteiger partial charge in [0.15, 0.2) is 17.5 Å². The van der Waals surface area contributed by atoms with Crippen LogP contribution in [-0.2, 0) is 6.54 Å². The van der Waals surface area contributed by atoms with Gasteiger partial charge in [-0.1, -0.05) is 11.6 Å². The van der Waals surface area contributed by atoms with Gasteiger partial charge in [0.1, 0.15) is 0 Å². The van der Waals surface area contributed by atoms with Crippen LogP contribution in [0.1, 0.15) is 25.8 Å². The number of benzene rings is 1. The largest absolute Gasteiger partial charge is 0.493 e. The van der Waals surface area contributed by atoms with Gasteiger partial charge in [0, 0.05) is 13.1 Å². The summed E-state index contributed by atoms with van der Waals surface area (Å²) < 4.78 is 47.4. The molecule has 0 aromatic heterocycles. The van der Waals surface area contributed by atoms with E-state index in [1.54, 1.807) is 12.1 Å². The van der Waals surface area contributed by atoms with Crippen molar-refractivity contribution in [1.29, 1.82) is 0 Å². The average molecular weight is 510 g/mol. The van der Waals surface area contributed by atoms with Crippen LogP contribution < -0.4 is 20.1 Å². The summed E-state index contributed by atoms with van der Waals surface area (Å²) in [4.78, 5) is 4.27. The number of ether oxygens (including phenoxy) is 2. The van der Waals surface area contributed by atoms with Gasteiger partial charge in [-0.05, 0) is 31.5 Å². The van der Waals surface area contributed by atoms with Crippen LogP contribution in [0.4, 0.5) is 13.2 Å². The summed E-state index contributed by atoms with van der Waals surface area (Å²) in [6.07, 6.45) is -5.14. The third-order valence-electron chi connectivity index (χ3n) is 3.04. The van der Waals surface area contributed by atoms with Crippen LogP contribution in [0.3, 0.4) is 0 Å². The van der Waals surface area contributed by atoms with E-state index in [0.29, 0.717) is 35.6 Å². The van der Waals surface area contributed by atoms with Gasteiger partial charge in [0.25, 0.3) is 0 Å². The highest BCUT2D eigenvalue weighted by atomic mass is 127. The molecule has 5 nitrogen and oxygen atoms in total. The van der Waals surface area contributed by atoms with Crippen molar-refractivity contribution >= 4 is 41.5 Å². The molecule has 2 N–H and O–H groups in total. The van der Waals surface area contributed by atoms with Gasteiger partial charge in [-0.15, -0.1) is 24.0 Å². The average Bonchev–Trinajstić information content (AvgIpc) is 2.53. The minimum atomic E-state index is -4.21. The zero-order valence-electron chi connectivity index (χ0n) is 14.9. The predicted molar refractivity (Wildman–Crippen MR) is 108 cm³/mol. The number of hydrogen-bond donors (Lipinski definition) is 2. The Kier molecular flexibility index (Phi) is 11.8. The van der Waals surface area contributed by atoms with Gasteiger partial charge >= 0.3 is 6.18 Å². The molecular formula is C16H24ClF3IN3O2. The molecule has 0 bridgehead atoms. The number of methoxy groups -OCH3 is 1. The van der Waals surface area contributed by atoms with E-state index in [-0.39, 0.29) is 37.1 Å². The minimum Gasteiger partial charge on any atom is -0.493 e. The number of rotatable bonds is 8. The number of hydrogen-bond acceptors (Lipinski definition) is 3. The van der Waals surface area contributed by atoms with Gasteiger partial charge in [-0.25, -0.2) is 4.99 Å². The highest BCUT2D eigenvalue weighted by molar-refractivity contribution is 14.0. The van der Waals surface area contributed by atoms with Crippen molar-refractivity contribution in [2.45, 2.75) is 33.0 Å². The third kappa shape index (κ3) is 9.02. The normalized spacial score (nSPS) is 11.6. The first-order valence-corrected chi connectivity index (χ1v) is 8.26. The quantitative estimate of drug-likeness (QED) is 0.310. The van der Waals surface area contributed by atoms with Crippen LogP contribution in [0.15, 0.2) is 17.1 Å². The molecule has 0 amide bonds. The van der Waals surface area contributed by atoms with E-state index >= 15 is 0 Å². The Balaban J connectivity index is 0.00000625. The third-order valence-corrected chi connectivity index (χ3v) is 3.32. The highest BCUT2D eigenvalue weighted by Crippen LogP contribution is 2.36. The van der Waals surface area contributed by atoms with Crippen molar-refractivity contribution in [3.05, 3.63) is 22.7 Å². The van der Waals surface area contributed by atoms with Crippen molar-refractivity contribution in [2.24, 2.45) is 4.99 Å². The molecule has 0 unspecified atom stereocenters. The van der Waals surface area contributed by atoms with E-state index < -0.39 is 12.6 Å². The molecule has 1 rings (SSSR count). The van der Waals surface area contributed by atoms with Crippen molar-refractivity contribution < 1.29 is 22.6 Å². The second-order valence-electron chi connectivity index (χ2n) is 5.03. The SMILES string of the molecule is CCNC(=NCc1cc(Cl)c(OCC)c(OC)c1)NCCC(F)(F)F.I. The maximum Gasteiger partial charge on any atom is 0.390 e. The first-order chi connectivity index (χ1) is 11.8. The molecule has 10 heteroatoms. The molecular weight excluding hydrogens is 486 g/mol. The summed E-state index contributed by atoms with van der Waals surface area (Å²) in [5, 5.41) is 5.94. The summed E-state index contributed by atoms with van der Waals surface area (Å²) in [6.45, 7) is 4.63. The monoisotopic (exact) mass is 509 g/mol. The molecule has 0 spiro atoms. The maximum atomic E-state index is 12.2. The van der Waals surface area contributed by atoms with Crippen LogP contribution in [-0.4, -0.2) is 38.9 Å². The summed E-state index contributed by atoms with van der Waals surface area (Å²) >= 11 is 6.19. The predicted octanol–water partition coefficient (Wildman–Crippen LogP) is 4.37. The van der Waals surface area contributed by atoms with E-state index in [4.69, 9.17) is 21.1 Å². The maximum absolute atomic E-state index is 12.2. The van der Waals surface area contributed by atoms with Gasteiger partial charge < -0.3 is 20.1 Å². The summed E-state index contributed by atoms with van der Waals surface area (Å²) in [7, 11) is 1.50. The molecule has 150 valence electrons. The fraction of sp³-hybridized carbons (Fsp3) is 0.562. The van der Waals surface area contributed by atoms with Gasteiger partial charge in [0.2, 0.25) is 0 Å². The molecule has 1 aromatic carbocycles. The highest BCUT2D eigenvalue weighted by Gasteiger charge is 2.26. The van der Waals surface area contributed by atoms with Gasteiger partial charge in [-0.3, -0.25) is 0 Å². The topological polar surface area (TPSA) is 54.9 Å². The lowest BCUT2D eigenvalue weighted by atomic mass is 10.2. The number of aliphatic imine (C=N–C) groups is 1. The number of nitrogens with zero attached hydrogens (tertiary/aromatic N) is 1. The fourth-order valence-electron chi connectivity index (χ4n) is 1.98. The van der Waals surface area contributed by atoms with Crippen molar-refractivity contribution in [3.8, 4) is 11.5 Å². The molecule has 0 aliphatic rings. The fourth-order valence-corrected chi connectivity index (χ4v) is 2.27. The van der Waals surface area contributed by atoms with Gasteiger partial charge in [0.05, 0.1) is 31.7 Å². The Bertz CT molecular complexity index is 587. The van der Waals surface area contributed by atoms with Crippen LogP contribution >= 0.6 is 35.6 Å². The molecule has 0 heterocycles. The second kappa shape index (κ2) is 12.3. The van der Waals surface area contributed by atoms with Crippen LogP contribution in [0.25, 0.3) is 0 Å². The van der Waals surface area contributed by atoms with E-state index in [0.717, 1.165) is 5.56 Å². The lowest BCUT2D eigenvalue weighted by Gasteiger charge is -2.14. The zero-order valence-corrected chi connectivity index (χ0v) is 18.0. The molecule has 0 aliphatic carbocycles. The number of halogens is 5. The minimum absolute atomic E-state index is 0. The standard InChI is InChI=1S/C16H23ClF3N3O2.HI/c1-4-21-15(22-7-6-16(18,19)20)23-10-11-8-12(17)14(25-5-2)13(9-11)24-3;/h8-9H,4-7,10H2,1-3H3,(H2,21,22,23);1H. The Hall–Kier alpha value is -1.10. The molecule has 26 heavy (non-hydrogen) atoms. The molecule has 0 radical (unpaired) electrons. The Morgan fingerprint density at radius 3 is 2.46 bits per heavy atom. The second-order valence-corrected chi connectivity index (χ2v) is 5.44. The Labute approximate surface area is 173 Å². The smallest absolute Gasteiger partial charge is 0.390 e. The van der Waals surface area contributed by atoms with Crippen LogP contribution in [0.5, 0.6) is 11.5 Å². The molecule has 0 fully saturated rings. The molecule has 0 aliphatic heterocycles. The first-order valence-electron chi connectivity index (χ1n) is 7.88. The summed E-state index contributed by atoms with van der Waals surface area (Å²) in [5.41, 5.74) is 0.748. The summed E-state index contributed by atoms with van der Waals surface area (Å²) in [5.74, 6) is 1.24. The van der Waals surface area contributed by atoms with Crippen LogP contribution in [0, 0.1) is 0 Å². The number of guanidine groups is 1. The van der Waals surface area contributed by atoms with Crippen molar-refractivity contribution in [3.63, 3.8) is 0 Å². The van der Waals surface area contributed by atoms with Crippen molar-refractivity contribution in [1.82, 2.24) is 10.6 Å². The Morgan fingerprint density at radius 2 is 1.92 bits per heavy atom. The first kappa shape index (κ1) is 24.9. The Morgan fingerprint density at radius 1 is 1.23 bits per heavy atom. The lowest BCUT2D eigenvalue weighted by Crippen LogP contribution is -2.38. The van der Waals surface area contributed by atoms with E-state index in [1.165, 1.54) is 7.11 Å². The van der Waals surface area contributed by atoms with Crippen molar-refractivity contribution in [2.75, 3.05) is 26.8 Å². The summed E-state index contributed by atoms with van der Waals surface area (Å²) in [6, 6.07) is 3.43. The van der Waals surface area contributed by atoms with E-state index in [9.17, 15) is 13.2 Å². The molecule has 0 saturated carbocycles.